The average molecular weight is 326 g/mol. The van der Waals surface area contributed by atoms with Crippen molar-refractivity contribution in [3.05, 3.63) is 12.2 Å². The van der Waals surface area contributed by atoms with Gasteiger partial charge < -0.3 is 15.3 Å². The second kappa shape index (κ2) is 10.6. The van der Waals surface area contributed by atoms with E-state index in [1.165, 1.54) is 0 Å². The van der Waals surface area contributed by atoms with Crippen molar-refractivity contribution in [2.75, 3.05) is 0 Å². The second-order valence-electron chi connectivity index (χ2n) is 6.49. The quantitative estimate of drug-likeness (QED) is 0.401. The molecule has 1 fully saturated rings. The number of carbonyl (C=O) groups excluding carboxylic acids is 1. The minimum atomic E-state index is -0.765. The van der Waals surface area contributed by atoms with Gasteiger partial charge in [0.2, 0.25) is 0 Å². The van der Waals surface area contributed by atoms with Crippen LogP contribution in [0, 0.1) is 11.8 Å². The number of carboxylic acids is 1. The Bertz CT molecular complexity index is 404. The number of carboxylic acid groups (broad SMARTS) is 1. The summed E-state index contributed by atoms with van der Waals surface area (Å²) in [5.74, 6) is -0.933. The number of rotatable bonds is 11. The van der Waals surface area contributed by atoms with Crippen LogP contribution in [0.4, 0.5) is 0 Å². The highest BCUT2D eigenvalue weighted by molar-refractivity contribution is 5.84. The van der Waals surface area contributed by atoms with Gasteiger partial charge in [-0.05, 0) is 25.7 Å². The fourth-order valence-corrected chi connectivity index (χ4v) is 3.15. The molecule has 23 heavy (non-hydrogen) atoms. The monoisotopic (exact) mass is 326 g/mol. The number of aliphatic hydroxyl groups excluding tert-OH is 2. The first-order chi connectivity index (χ1) is 11.0. The van der Waals surface area contributed by atoms with Gasteiger partial charge in [0.05, 0.1) is 12.2 Å². The maximum Gasteiger partial charge on any atom is 0.303 e. The molecule has 0 amide bonds. The van der Waals surface area contributed by atoms with E-state index in [4.69, 9.17) is 5.11 Å². The lowest BCUT2D eigenvalue weighted by Gasteiger charge is -2.17. The predicted octanol–water partition coefficient (Wildman–Crippen LogP) is 2.69. The zero-order valence-electron chi connectivity index (χ0n) is 14.0. The van der Waals surface area contributed by atoms with Crippen molar-refractivity contribution < 1.29 is 24.9 Å². The topological polar surface area (TPSA) is 94.8 Å². The molecule has 4 unspecified atom stereocenters. The highest BCUT2D eigenvalue weighted by atomic mass is 16.4. The lowest BCUT2D eigenvalue weighted by atomic mass is 9.88. The van der Waals surface area contributed by atoms with E-state index in [-0.39, 0.29) is 36.6 Å². The van der Waals surface area contributed by atoms with Crippen molar-refractivity contribution >= 4 is 11.8 Å². The van der Waals surface area contributed by atoms with Crippen LogP contribution in [0.1, 0.15) is 64.7 Å². The molecule has 1 aliphatic carbocycles. The van der Waals surface area contributed by atoms with Crippen LogP contribution >= 0.6 is 0 Å². The average Bonchev–Trinajstić information content (AvgIpc) is 2.76. The van der Waals surface area contributed by atoms with Gasteiger partial charge in [-0.3, -0.25) is 9.59 Å². The molecular formula is C18H30O5. The van der Waals surface area contributed by atoms with Gasteiger partial charge in [-0.25, -0.2) is 0 Å². The van der Waals surface area contributed by atoms with Crippen molar-refractivity contribution in [3.63, 3.8) is 0 Å². The zero-order chi connectivity index (χ0) is 17.2. The van der Waals surface area contributed by atoms with Gasteiger partial charge >= 0.3 is 5.97 Å². The SMILES string of the molecule is CCC(O)CC=CC1C(O)CC(=O)C1CCCCCCC(=O)O. The van der Waals surface area contributed by atoms with E-state index in [0.717, 1.165) is 25.7 Å². The summed E-state index contributed by atoms with van der Waals surface area (Å²) in [7, 11) is 0. The Morgan fingerprint density at radius 1 is 1.30 bits per heavy atom. The number of Topliss-reactive ketones (excluding diaryl/α,β-unsaturated/α-hetero) is 1. The Morgan fingerprint density at radius 2 is 2.00 bits per heavy atom. The van der Waals surface area contributed by atoms with E-state index >= 15 is 0 Å². The summed E-state index contributed by atoms with van der Waals surface area (Å²) in [4.78, 5) is 22.5. The largest absolute Gasteiger partial charge is 0.481 e. The van der Waals surface area contributed by atoms with Gasteiger partial charge in [0.15, 0.2) is 0 Å². The molecule has 4 atom stereocenters. The maximum atomic E-state index is 12.0. The molecule has 0 aliphatic heterocycles. The smallest absolute Gasteiger partial charge is 0.303 e. The van der Waals surface area contributed by atoms with Gasteiger partial charge in [-0.2, -0.15) is 0 Å². The molecule has 5 nitrogen and oxygen atoms in total. The summed E-state index contributed by atoms with van der Waals surface area (Å²) in [6.45, 7) is 1.92. The third kappa shape index (κ3) is 7.27. The first kappa shape index (κ1) is 19.8. The molecule has 3 N–H and O–H groups in total. The summed E-state index contributed by atoms with van der Waals surface area (Å²) < 4.78 is 0. The molecular weight excluding hydrogens is 296 g/mol. The van der Waals surface area contributed by atoms with Gasteiger partial charge in [0, 0.05) is 24.7 Å². The Hall–Kier alpha value is -1.20. The lowest BCUT2D eigenvalue weighted by molar-refractivity contribution is -0.137. The lowest BCUT2D eigenvalue weighted by Crippen LogP contribution is -2.18. The van der Waals surface area contributed by atoms with Crippen LogP contribution in [0.2, 0.25) is 0 Å². The number of ketones is 1. The number of unbranched alkanes of at least 4 members (excludes halogenated alkanes) is 3. The second-order valence-corrected chi connectivity index (χ2v) is 6.49. The zero-order valence-corrected chi connectivity index (χ0v) is 14.0. The van der Waals surface area contributed by atoms with Crippen LogP contribution < -0.4 is 0 Å². The van der Waals surface area contributed by atoms with Gasteiger partial charge in [0.1, 0.15) is 5.78 Å². The summed E-state index contributed by atoms with van der Waals surface area (Å²) in [5, 5.41) is 28.2. The van der Waals surface area contributed by atoms with Crippen LogP contribution in [0.3, 0.4) is 0 Å². The first-order valence-corrected chi connectivity index (χ1v) is 8.73. The molecule has 0 radical (unpaired) electrons. The number of hydrogen-bond donors (Lipinski definition) is 3. The third-order valence-corrected chi connectivity index (χ3v) is 4.63. The van der Waals surface area contributed by atoms with Crippen molar-refractivity contribution in [1.82, 2.24) is 0 Å². The minimum Gasteiger partial charge on any atom is -0.481 e. The van der Waals surface area contributed by atoms with E-state index in [1.54, 1.807) is 0 Å². The van der Waals surface area contributed by atoms with E-state index < -0.39 is 12.1 Å². The highest BCUT2D eigenvalue weighted by Gasteiger charge is 2.39. The molecule has 5 heteroatoms. The molecule has 0 bridgehead atoms. The molecule has 1 rings (SSSR count). The van der Waals surface area contributed by atoms with E-state index in [0.29, 0.717) is 19.3 Å². The summed E-state index contributed by atoms with van der Waals surface area (Å²) >= 11 is 0. The molecule has 1 saturated carbocycles. The molecule has 0 aromatic carbocycles. The Morgan fingerprint density at radius 3 is 2.65 bits per heavy atom. The first-order valence-electron chi connectivity index (χ1n) is 8.73. The van der Waals surface area contributed by atoms with Crippen LogP contribution in [0.15, 0.2) is 12.2 Å². The number of aliphatic hydroxyl groups is 2. The Labute approximate surface area is 138 Å². The summed E-state index contributed by atoms with van der Waals surface area (Å²) in [6.07, 6.45) is 8.52. The maximum absolute atomic E-state index is 12.0. The van der Waals surface area contributed by atoms with Gasteiger partial charge in [-0.15, -0.1) is 0 Å². The van der Waals surface area contributed by atoms with Crippen molar-refractivity contribution in [2.45, 2.75) is 76.9 Å². The minimum absolute atomic E-state index is 0.119. The normalized spacial score (nSPS) is 26.0. The fourth-order valence-electron chi connectivity index (χ4n) is 3.15. The molecule has 0 heterocycles. The molecule has 132 valence electrons. The van der Waals surface area contributed by atoms with E-state index in [2.05, 4.69) is 0 Å². The molecule has 0 aromatic rings. The van der Waals surface area contributed by atoms with Crippen LogP contribution in [-0.2, 0) is 9.59 Å². The number of hydrogen-bond acceptors (Lipinski definition) is 4. The number of aliphatic carboxylic acids is 1. The molecule has 1 aliphatic rings. The Balaban J connectivity index is 2.37. The predicted molar refractivity (Wildman–Crippen MR) is 88.0 cm³/mol. The van der Waals surface area contributed by atoms with Crippen LogP contribution in [-0.4, -0.2) is 39.3 Å². The fraction of sp³-hybridized carbons (Fsp3) is 0.778. The van der Waals surface area contributed by atoms with Crippen LogP contribution in [0.25, 0.3) is 0 Å². The van der Waals surface area contributed by atoms with Crippen molar-refractivity contribution in [1.29, 1.82) is 0 Å². The van der Waals surface area contributed by atoms with Gasteiger partial charge in [-0.1, -0.05) is 38.3 Å². The van der Waals surface area contributed by atoms with Crippen molar-refractivity contribution in [2.24, 2.45) is 11.8 Å². The summed E-state index contributed by atoms with van der Waals surface area (Å²) in [6, 6.07) is 0. The summed E-state index contributed by atoms with van der Waals surface area (Å²) in [5.41, 5.74) is 0. The Kier molecular flexibility index (Phi) is 9.10. The highest BCUT2D eigenvalue weighted by Crippen LogP contribution is 2.34. The van der Waals surface area contributed by atoms with E-state index in [1.807, 2.05) is 19.1 Å². The molecule has 0 spiro atoms. The molecule has 0 saturated heterocycles. The van der Waals surface area contributed by atoms with E-state index in [9.17, 15) is 19.8 Å². The van der Waals surface area contributed by atoms with Crippen molar-refractivity contribution in [3.8, 4) is 0 Å². The molecule has 0 aromatic heterocycles. The number of carbonyl (C=O) groups is 2. The standard InChI is InChI=1S/C18H30O5/c1-2-13(19)8-7-10-15-14(16(20)12-17(15)21)9-5-3-4-6-11-18(22)23/h7,10,13-15,17,19,21H,2-6,8-9,11-12H2,1H3,(H,22,23). The third-order valence-electron chi connectivity index (χ3n) is 4.63. The van der Waals surface area contributed by atoms with Gasteiger partial charge in [0.25, 0.3) is 0 Å². The van der Waals surface area contributed by atoms with Crippen LogP contribution in [0.5, 0.6) is 0 Å².